The Balaban J connectivity index is 1.90. The number of methoxy groups -OCH3 is 1. The molecule has 1 amide bonds. The summed E-state index contributed by atoms with van der Waals surface area (Å²) in [4.78, 5) is 13.2. The highest BCUT2D eigenvalue weighted by Crippen LogP contribution is 2.32. The molecular formula is C15H18F4N2O2. The minimum atomic E-state index is -4.65. The lowest BCUT2D eigenvalue weighted by Crippen LogP contribution is -2.46. The standard InChI is InChI=1S/C15H18F4N2O2/c1-23-12-5-3-2-4-11(12)21-7-6-10(9-21)8-20-14(22)15(18,19)13(16)17/h2-5,10,13H,6-9H2,1H3,(H,20,22)/t10-/m1/s1. The van der Waals surface area contributed by atoms with Gasteiger partial charge in [-0.15, -0.1) is 0 Å². The average Bonchev–Trinajstić information content (AvgIpc) is 3.01. The highest BCUT2D eigenvalue weighted by molar-refractivity contribution is 5.83. The Hall–Kier alpha value is -1.99. The Kier molecular flexibility index (Phi) is 5.33. The molecule has 0 bridgehead atoms. The van der Waals surface area contributed by atoms with Crippen molar-refractivity contribution in [3.05, 3.63) is 24.3 Å². The fourth-order valence-corrected chi connectivity index (χ4v) is 2.56. The summed E-state index contributed by atoms with van der Waals surface area (Å²) in [6.07, 6.45) is -3.34. The van der Waals surface area contributed by atoms with E-state index in [2.05, 4.69) is 0 Å². The number of amides is 1. The molecule has 0 radical (unpaired) electrons. The van der Waals surface area contributed by atoms with Crippen molar-refractivity contribution in [2.75, 3.05) is 31.6 Å². The first-order valence-corrected chi connectivity index (χ1v) is 7.18. The van der Waals surface area contributed by atoms with E-state index in [1.165, 1.54) is 0 Å². The van der Waals surface area contributed by atoms with Crippen LogP contribution in [0.25, 0.3) is 0 Å². The largest absolute Gasteiger partial charge is 0.495 e. The zero-order chi connectivity index (χ0) is 17.0. The second-order valence-corrected chi connectivity index (χ2v) is 5.41. The fourth-order valence-electron chi connectivity index (χ4n) is 2.56. The van der Waals surface area contributed by atoms with Crippen molar-refractivity contribution in [1.29, 1.82) is 0 Å². The number of hydrogen-bond donors (Lipinski definition) is 1. The Morgan fingerprint density at radius 2 is 2.13 bits per heavy atom. The van der Waals surface area contributed by atoms with Gasteiger partial charge in [-0.1, -0.05) is 12.1 Å². The van der Waals surface area contributed by atoms with E-state index >= 15 is 0 Å². The molecule has 128 valence electrons. The van der Waals surface area contributed by atoms with Gasteiger partial charge in [0.2, 0.25) is 0 Å². The van der Waals surface area contributed by atoms with E-state index in [0.29, 0.717) is 25.3 Å². The lowest BCUT2D eigenvalue weighted by atomic mass is 10.1. The Morgan fingerprint density at radius 1 is 1.43 bits per heavy atom. The Bertz CT molecular complexity index is 554. The fraction of sp³-hybridized carbons (Fsp3) is 0.533. The molecule has 0 unspecified atom stereocenters. The van der Waals surface area contributed by atoms with Crippen LogP contribution in [0.2, 0.25) is 0 Å². The number of carbonyl (C=O) groups excluding carboxylic acids is 1. The van der Waals surface area contributed by atoms with Crippen LogP contribution in [-0.2, 0) is 4.79 Å². The number of hydrogen-bond acceptors (Lipinski definition) is 3. The maximum Gasteiger partial charge on any atom is 0.383 e. The van der Waals surface area contributed by atoms with Gasteiger partial charge in [0, 0.05) is 19.6 Å². The zero-order valence-electron chi connectivity index (χ0n) is 12.6. The van der Waals surface area contributed by atoms with Gasteiger partial charge in [-0.3, -0.25) is 4.79 Å². The molecule has 1 fully saturated rings. The molecular weight excluding hydrogens is 316 g/mol. The third kappa shape index (κ3) is 3.86. The number of benzene rings is 1. The van der Waals surface area contributed by atoms with Gasteiger partial charge in [0.15, 0.2) is 0 Å². The van der Waals surface area contributed by atoms with Crippen LogP contribution in [0.5, 0.6) is 5.75 Å². The van der Waals surface area contributed by atoms with E-state index in [9.17, 15) is 22.4 Å². The molecule has 8 heteroatoms. The van der Waals surface area contributed by atoms with Gasteiger partial charge in [-0.2, -0.15) is 8.78 Å². The van der Waals surface area contributed by atoms with Crippen LogP contribution in [0.3, 0.4) is 0 Å². The van der Waals surface area contributed by atoms with Crippen LogP contribution >= 0.6 is 0 Å². The van der Waals surface area contributed by atoms with Crippen LogP contribution in [0.15, 0.2) is 24.3 Å². The third-order valence-corrected chi connectivity index (χ3v) is 3.84. The maximum atomic E-state index is 12.9. The molecule has 23 heavy (non-hydrogen) atoms. The summed E-state index contributed by atoms with van der Waals surface area (Å²) in [6, 6.07) is 7.39. The number of alkyl halides is 4. The average molecular weight is 334 g/mol. The molecule has 1 N–H and O–H groups in total. The van der Waals surface area contributed by atoms with Crippen LogP contribution < -0.4 is 15.0 Å². The molecule has 1 heterocycles. The number of nitrogens with zero attached hydrogens (tertiary/aromatic N) is 1. The third-order valence-electron chi connectivity index (χ3n) is 3.84. The molecule has 1 aliphatic rings. The summed E-state index contributed by atoms with van der Waals surface area (Å²) < 4.78 is 55.2. The van der Waals surface area contributed by atoms with Crippen molar-refractivity contribution >= 4 is 11.6 Å². The number of para-hydroxylation sites is 2. The Labute approximate surface area is 131 Å². The van der Waals surface area contributed by atoms with Crippen molar-refractivity contribution in [2.45, 2.75) is 18.8 Å². The summed E-state index contributed by atoms with van der Waals surface area (Å²) in [5.74, 6) is -5.97. The number of anilines is 1. The quantitative estimate of drug-likeness (QED) is 0.813. The lowest BCUT2D eigenvalue weighted by Gasteiger charge is -2.21. The number of nitrogens with one attached hydrogen (secondary N) is 1. The van der Waals surface area contributed by atoms with E-state index < -0.39 is 18.3 Å². The number of rotatable bonds is 6. The monoisotopic (exact) mass is 334 g/mol. The minimum Gasteiger partial charge on any atom is -0.495 e. The van der Waals surface area contributed by atoms with E-state index in [4.69, 9.17) is 4.74 Å². The summed E-state index contributed by atoms with van der Waals surface area (Å²) in [5.41, 5.74) is 0.877. The van der Waals surface area contributed by atoms with Crippen LogP contribution in [0, 0.1) is 5.92 Å². The molecule has 0 aromatic heterocycles. The summed E-state index contributed by atoms with van der Waals surface area (Å²) in [7, 11) is 1.55. The summed E-state index contributed by atoms with van der Waals surface area (Å²) in [5, 5.41) is 1.92. The highest BCUT2D eigenvalue weighted by Gasteiger charge is 2.48. The Morgan fingerprint density at radius 3 is 2.78 bits per heavy atom. The molecule has 1 aromatic rings. The minimum absolute atomic E-state index is 0.0627. The van der Waals surface area contributed by atoms with Gasteiger partial charge in [0.25, 0.3) is 5.91 Å². The molecule has 4 nitrogen and oxygen atoms in total. The molecule has 1 aliphatic heterocycles. The summed E-state index contributed by atoms with van der Waals surface area (Å²) >= 11 is 0. The first-order chi connectivity index (χ1) is 10.9. The van der Waals surface area contributed by atoms with Crippen molar-refractivity contribution in [2.24, 2.45) is 5.92 Å². The highest BCUT2D eigenvalue weighted by atomic mass is 19.3. The van der Waals surface area contributed by atoms with Crippen molar-refractivity contribution < 1.29 is 27.1 Å². The zero-order valence-corrected chi connectivity index (χ0v) is 12.6. The molecule has 0 saturated carbocycles. The SMILES string of the molecule is COc1ccccc1N1CC[C@H](CNC(=O)C(F)(F)C(F)F)C1. The maximum absolute atomic E-state index is 12.9. The smallest absolute Gasteiger partial charge is 0.383 e. The molecule has 0 spiro atoms. The van der Waals surface area contributed by atoms with E-state index in [1.54, 1.807) is 7.11 Å². The molecule has 0 aliphatic carbocycles. The van der Waals surface area contributed by atoms with Gasteiger partial charge in [0.1, 0.15) is 5.75 Å². The molecule has 1 saturated heterocycles. The first kappa shape index (κ1) is 17.4. The normalized spacial score (nSPS) is 18.3. The van der Waals surface area contributed by atoms with E-state index in [-0.39, 0.29) is 12.5 Å². The first-order valence-electron chi connectivity index (χ1n) is 7.18. The van der Waals surface area contributed by atoms with Crippen molar-refractivity contribution in [3.63, 3.8) is 0 Å². The number of carbonyl (C=O) groups is 1. The van der Waals surface area contributed by atoms with E-state index in [1.807, 2.05) is 34.5 Å². The van der Waals surface area contributed by atoms with Gasteiger partial charge < -0.3 is 15.0 Å². The molecule has 2 rings (SSSR count). The van der Waals surface area contributed by atoms with Gasteiger partial charge in [0.05, 0.1) is 12.8 Å². The predicted octanol–water partition coefficient (Wildman–Crippen LogP) is 2.54. The predicted molar refractivity (Wildman–Crippen MR) is 77.3 cm³/mol. The molecule has 1 atom stereocenters. The van der Waals surface area contributed by atoms with Crippen molar-refractivity contribution in [1.82, 2.24) is 5.32 Å². The molecule has 1 aromatic carbocycles. The van der Waals surface area contributed by atoms with E-state index in [0.717, 1.165) is 5.69 Å². The van der Waals surface area contributed by atoms with Crippen LogP contribution in [0.1, 0.15) is 6.42 Å². The second kappa shape index (κ2) is 7.06. The number of ether oxygens (including phenoxy) is 1. The van der Waals surface area contributed by atoms with Gasteiger partial charge in [-0.25, -0.2) is 8.78 Å². The topological polar surface area (TPSA) is 41.6 Å². The van der Waals surface area contributed by atoms with Gasteiger partial charge >= 0.3 is 12.3 Å². The van der Waals surface area contributed by atoms with Crippen LogP contribution in [-0.4, -0.2) is 45.0 Å². The lowest BCUT2D eigenvalue weighted by molar-refractivity contribution is -0.169. The van der Waals surface area contributed by atoms with Gasteiger partial charge in [-0.05, 0) is 24.5 Å². The number of halogens is 4. The van der Waals surface area contributed by atoms with Crippen LogP contribution in [0.4, 0.5) is 23.2 Å². The summed E-state index contributed by atoms with van der Waals surface area (Å²) in [6.45, 7) is 1.14. The second-order valence-electron chi connectivity index (χ2n) is 5.41. The van der Waals surface area contributed by atoms with Crippen molar-refractivity contribution in [3.8, 4) is 5.75 Å².